The number of rotatable bonds is 5. The maximum absolute atomic E-state index is 12.0. The Morgan fingerprint density at radius 2 is 2.39 bits per heavy atom. The second-order valence-electron chi connectivity index (χ2n) is 5.11. The lowest BCUT2D eigenvalue weighted by atomic mass is 9.79. The topological polar surface area (TPSA) is 58.4 Å². The zero-order valence-electron chi connectivity index (χ0n) is 11.0. The van der Waals surface area contributed by atoms with Crippen molar-refractivity contribution < 1.29 is 4.79 Å². The number of nitrogens with two attached hydrogens (primary N) is 1. The Morgan fingerprint density at radius 3 is 3.06 bits per heavy atom. The maximum atomic E-state index is 12.0. The fourth-order valence-electron chi connectivity index (χ4n) is 2.58. The summed E-state index contributed by atoms with van der Waals surface area (Å²) in [5.41, 5.74) is 6.14. The minimum Gasteiger partial charge on any atom is -0.368 e. The van der Waals surface area contributed by atoms with Crippen molar-refractivity contribution in [1.29, 1.82) is 0 Å². The quantitative estimate of drug-likeness (QED) is 0.834. The highest BCUT2D eigenvalue weighted by Crippen LogP contribution is 2.37. The van der Waals surface area contributed by atoms with Gasteiger partial charge in [-0.05, 0) is 50.4 Å². The van der Waals surface area contributed by atoms with Crippen LogP contribution in [0.5, 0.6) is 0 Å². The van der Waals surface area contributed by atoms with Crippen molar-refractivity contribution in [1.82, 2.24) is 10.2 Å². The van der Waals surface area contributed by atoms with Gasteiger partial charge in [0.15, 0.2) is 0 Å². The molecule has 1 unspecified atom stereocenters. The average Bonchev–Trinajstić information content (AvgIpc) is 2.77. The van der Waals surface area contributed by atoms with Crippen molar-refractivity contribution >= 4 is 17.2 Å². The molecular weight excluding hydrogens is 246 g/mol. The number of thiophene rings is 1. The first-order valence-corrected chi connectivity index (χ1v) is 7.21. The fraction of sp³-hybridized carbons (Fsp3) is 0.615. The SMILES string of the molecule is CN(C)CCNC1(C(N)=O)CCCc2sccc21. The Morgan fingerprint density at radius 1 is 1.61 bits per heavy atom. The summed E-state index contributed by atoms with van der Waals surface area (Å²) in [6, 6.07) is 2.05. The van der Waals surface area contributed by atoms with E-state index in [1.54, 1.807) is 11.3 Å². The first kappa shape index (κ1) is 13.5. The number of carbonyl (C=O) groups is 1. The van der Waals surface area contributed by atoms with Gasteiger partial charge in [-0.25, -0.2) is 0 Å². The largest absolute Gasteiger partial charge is 0.368 e. The number of carbonyl (C=O) groups excluding carboxylic acids is 1. The van der Waals surface area contributed by atoms with Crippen molar-refractivity contribution in [2.45, 2.75) is 24.8 Å². The molecule has 1 aliphatic rings. The van der Waals surface area contributed by atoms with Crippen molar-refractivity contribution in [3.8, 4) is 0 Å². The first-order valence-electron chi connectivity index (χ1n) is 6.33. The fourth-order valence-corrected chi connectivity index (χ4v) is 3.58. The monoisotopic (exact) mass is 267 g/mol. The molecule has 0 bridgehead atoms. The van der Waals surface area contributed by atoms with Gasteiger partial charge < -0.3 is 10.6 Å². The molecule has 4 nitrogen and oxygen atoms in total. The molecule has 1 atom stereocenters. The Kier molecular flexibility index (Phi) is 4.04. The summed E-state index contributed by atoms with van der Waals surface area (Å²) in [5.74, 6) is -0.249. The van der Waals surface area contributed by atoms with Crippen LogP contribution < -0.4 is 11.1 Å². The second-order valence-corrected chi connectivity index (χ2v) is 6.11. The van der Waals surface area contributed by atoms with E-state index in [1.807, 2.05) is 20.2 Å². The van der Waals surface area contributed by atoms with Crippen LogP contribution in [-0.4, -0.2) is 38.0 Å². The number of likely N-dealkylation sites (N-methyl/N-ethyl adjacent to an activating group) is 1. The van der Waals surface area contributed by atoms with Crippen LogP contribution in [0.3, 0.4) is 0 Å². The van der Waals surface area contributed by atoms with Gasteiger partial charge in [-0.15, -0.1) is 11.3 Å². The van der Waals surface area contributed by atoms with Gasteiger partial charge in [0.1, 0.15) is 5.54 Å². The van der Waals surface area contributed by atoms with Gasteiger partial charge in [-0.3, -0.25) is 10.1 Å². The number of aryl methyl sites for hydroxylation is 1. The van der Waals surface area contributed by atoms with Crippen LogP contribution in [0.4, 0.5) is 0 Å². The molecule has 1 aliphatic carbocycles. The zero-order chi connectivity index (χ0) is 13.2. The molecule has 0 saturated carbocycles. The number of nitrogens with zero attached hydrogens (tertiary/aromatic N) is 1. The Labute approximate surface area is 112 Å². The Bertz CT molecular complexity index is 430. The van der Waals surface area contributed by atoms with Gasteiger partial charge >= 0.3 is 0 Å². The summed E-state index contributed by atoms with van der Waals surface area (Å²) in [6.45, 7) is 1.67. The van der Waals surface area contributed by atoms with Crippen LogP contribution in [0.25, 0.3) is 0 Å². The van der Waals surface area contributed by atoms with E-state index in [1.165, 1.54) is 4.88 Å². The van der Waals surface area contributed by atoms with Gasteiger partial charge in [0.05, 0.1) is 0 Å². The lowest BCUT2D eigenvalue weighted by Crippen LogP contribution is -2.55. The number of primary amides is 1. The highest BCUT2D eigenvalue weighted by Gasteiger charge is 2.41. The molecule has 1 amide bonds. The van der Waals surface area contributed by atoms with Gasteiger partial charge in [0.25, 0.3) is 0 Å². The minimum atomic E-state index is -0.649. The van der Waals surface area contributed by atoms with E-state index in [9.17, 15) is 4.79 Å². The second kappa shape index (κ2) is 5.38. The maximum Gasteiger partial charge on any atom is 0.242 e. The van der Waals surface area contributed by atoms with E-state index in [-0.39, 0.29) is 5.91 Å². The molecule has 0 aromatic carbocycles. The average molecular weight is 267 g/mol. The molecular formula is C13H21N3OS. The highest BCUT2D eigenvalue weighted by molar-refractivity contribution is 7.10. The van der Waals surface area contributed by atoms with Gasteiger partial charge in [-0.1, -0.05) is 0 Å². The van der Waals surface area contributed by atoms with E-state index in [4.69, 9.17) is 5.73 Å². The molecule has 0 spiro atoms. The third-order valence-electron chi connectivity index (χ3n) is 3.57. The van der Waals surface area contributed by atoms with E-state index in [0.29, 0.717) is 0 Å². The Balaban J connectivity index is 2.21. The van der Waals surface area contributed by atoms with Crippen molar-refractivity contribution in [3.05, 3.63) is 21.9 Å². The predicted octanol–water partition coefficient (Wildman–Crippen LogP) is 0.916. The highest BCUT2D eigenvalue weighted by atomic mass is 32.1. The smallest absolute Gasteiger partial charge is 0.242 e. The van der Waals surface area contributed by atoms with E-state index in [2.05, 4.69) is 15.6 Å². The summed E-state index contributed by atoms with van der Waals surface area (Å²) in [6.07, 6.45) is 2.89. The third kappa shape index (κ3) is 2.43. The summed E-state index contributed by atoms with van der Waals surface area (Å²) >= 11 is 1.73. The molecule has 1 aromatic heterocycles. The molecule has 0 saturated heterocycles. The zero-order valence-corrected chi connectivity index (χ0v) is 11.8. The van der Waals surface area contributed by atoms with Gasteiger partial charge in [0, 0.05) is 18.0 Å². The molecule has 5 heteroatoms. The van der Waals surface area contributed by atoms with Crippen LogP contribution in [0.2, 0.25) is 0 Å². The number of hydrogen-bond acceptors (Lipinski definition) is 4. The molecule has 0 aliphatic heterocycles. The van der Waals surface area contributed by atoms with Crippen LogP contribution in [0, 0.1) is 0 Å². The van der Waals surface area contributed by atoms with Crippen molar-refractivity contribution in [2.24, 2.45) is 5.73 Å². The van der Waals surface area contributed by atoms with Crippen molar-refractivity contribution in [3.63, 3.8) is 0 Å². The van der Waals surface area contributed by atoms with E-state index >= 15 is 0 Å². The minimum absolute atomic E-state index is 0.249. The molecule has 2 rings (SSSR count). The summed E-state index contributed by atoms with van der Waals surface area (Å²) in [7, 11) is 4.05. The van der Waals surface area contributed by atoms with E-state index < -0.39 is 5.54 Å². The van der Waals surface area contributed by atoms with Crippen LogP contribution in [0.15, 0.2) is 11.4 Å². The summed E-state index contributed by atoms with van der Waals surface area (Å²) in [5, 5.41) is 5.46. The predicted molar refractivity (Wildman–Crippen MR) is 74.7 cm³/mol. The lowest BCUT2D eigenvalue weighted by Gasteiger charge is -2.36. The van der Waals surface area contributed by atoms with Crippen molar-refractivity contribution in [2.75, 3.05) is 27.2 Å². The summed E-state index contributed by atoms with van der Waals surface area (Å²) < 4.78 is 0. The van der Waals surface area contributed by atoms with Gasteiger partial charge in [0.2, 0.25) is 5.91 Å². The molecule has 1 aromatic rings. The molecule has 100 valence electrons. The van der Waals surface area contributed by atoms with Crippen LogP contribution in [0.1, 0.15) is 23.3 Å². The van der Waals surface area contributed by atoms with E-state index in [0.717, 1.165) is 37.9 Å². The molecule has 3 N–H and O–H groups in total. The number of nitrogens with one attached hydrogen (secondary N) is 1. The molecule has 0 radical (unpaired) electrons. The standard InChI is InChI=1S/C13H21N3OS/c1-16(2)8-7-15-13(12(14)17)6-3-4-11-10(13)5-9-18-11/h5,9,15H,3-4,6-8H2,1-2H3,(H2,14,17). The summed E-state index contributed by atoms with van der Waals surface area (Å²) in [4.78, 5) is 15.4. The normalized spacial score (nSPS) is 23.1. The molecule has 1 heterocycles. The molecule has 18 heavy (non-hydrogen) atoms. The third-order valence-corrected chi connectivity index (χ3v) is 4.55. The van der Waals surface area contributed by atoms with Crippen LogP contribution >= 0.6 is 11.3 Å². The number of hydrogen-bond donors (Lipinski definition) is 2. The Hall–Kier alpha value is -0.910. The molecule has 0 fully saturated rings. The number of fused-ring (bicyclic) bond motifs is 1. The van der Waals surface area contributed by atoms with Crippen LogP contribution in [-0.2, 0) is 16.8 Å². The van der Waals surface area contributed by atoms with Gasteiger partial charge in [-0.2, -0.15) is 0 Å². The first-order chi connectivity index (χ1) is 8.56. The number of amides is 1. The lowest BCUT2D eigenvalue weighted by molar-refractivity contribution is -0.125.